The van der Waals surface area contributed by atoms with Gasteiger partial charge in [-0.1, -0.05) is 87.8 Å². The van der Waals surface area contributed by atoms with E-state index in [4.69, 9.17) is 23.7 Å². The van der Waals surface area contributed by atoms with Crippen molar-refractivity contribution < 1.29 is 32.1 Å². The summed E-state index contributed by atoms with van der Waals surface area (Å²) in [6.07, 6.45) is 9.61. The van der Waals surface area contributed by atoms with E-state index in [1.54, 1.807) is 26.4 Å². The lowest BCUT2D eigenvalue weighted by molar-refractivity contribution is 0.0505. The van der Waals surface area contributed by atoms with Gasteiger partial charge in [0.1, 0.15) is 17.2 Å². The Morgan fingerprint density at radius 2 is 1.33 bits per heavy atom. The van der Waals surface area contributed by atoms with Crippen LogP contribution in [0.2, 0.25) is 0 Å². The van der Waals surface area contributed by atoms with Gasteiger partial charge in [-0.25, -0.2) is 8.42 Å². The fraction of sp³-hybridized carbons (Fsp3) is 0.514. The summed E-state index contributed by atoms with van der Waals surface area (Å²) in [5, 5.41) is 0. The standard InChI is InChI=1S/C37H50O7S/c1-29-14-21-33(22-15-29)45(38,39)24-12-10-8-6-5-7-9-11-13-35-34-23-20-32(44-28-41-4)25-36(34)42-26-37(35,2)30-16-18-31(19-17-30)43-27-40-3/h14-23,25,35H,5-13,24,26-28H2,1-4H3. The molecule has 0 saturated heterocycles. The fourth-order valence-electron chi connectivity index (χ4n) is 6.20. The maximum Gasteiger partial charge on any atom is 0.188 e. The predicted molar refractivity (Wildman–Crippen MR) is 178 cm³/mol. The number of benzene rings is 3. The van der Waals surface area contributed by atoms with E-state index in [1.165, 1.54) is 30.4 Å². The van der Waals surface area contributed by atoms with Gasteiger partial charge < -0.3 is 23.7 Å². The molecule has 0 saturated carbocycles. The lowest BCUT2D eigenvalue weighted by Gasteiger charge is -2.43. The second-order valence-electron chi connectivity index (χ2n) is 12.3. The summed E-state index contributed by atoms with van der Waals surface area (Å²) < 4.78 is 53.0. The molecule has 2 unspecified atom stereocenters. The molecule has 0 aliphatic carbocycles. The van der Waals surface area contributed by atoms with E-state index in [0.29, 0.717) is 17.4 Å². The number of unbranched alkanes of at least 4 members (excludes halogenated alkanes) is 7. The highest BCUT2D eigenvalue weighted by Gasteiger charge is 2.42. The van der Waals surface area contributed by atoms with Gasteiger partial charge in [0.05, 0.1) is 17.3 Å². The van der Waals surface area contributed by atoms with Crippen LogP contribution in [0.3, 0.4) is 0 Å². The summed E-state index contributed by atoms with van der Waals surface area (Å²) in [5.41, 5.74) is 3.32. The normalized spacial score (nSPS) is 17.8. The van der Waals surface area contributed by atoms with Gasteiger partial charge in [0.15, 0.2) is 23.4 Å². The van der Waals surface area contributed by atoms with E-state index in [2.05, 4.69) is 25.1 Å². The van der Waals surface area contributed by atoms with Crippen LogP contribution in [0.4, 0.5) is 0 Å². The molecule has 0 aromatic heterocycles. The minimum atomic E-state index is -3.19. The van der Waals surface area contributed by atoms with Crippen LogP contribution in [0.5, 0.6) is 17.2 Å². The van der Waals surface area contributed by atoms with Gasteiger partial charge in [-0.05, 0) is 61.2 Å². The Morgan fingerprint density at radius 1 is 0.756 bits per heavy atom. The Kier molecular flexibility index (Phi) is 13.2. The van der Waals surface area contributed by atoms with Gasteiger partial charge in [-0.2, -0.15) is 0 Å². The number of sulfone groups is 1. The molecular weight excluding hydrogens is 588 g/mol. The van der Waals surface area contributed by atoms with Crippen LogP contribution in [0.1, 0.15) is 87.3 Å². The SMILES string of the molecule is COCOc1ccc(C2(C)COc3cc(OCOC)ccc3C2CCCCCCCCCCS(=O)(=O)c2ccc(C)cc2)cc1. The molecule has 7 nitrogen and oxygen atoms in total. The Bertz CT molecular complexity index is 1420. The first-order chi connectivity index (χ1) is 21.8. The first-order valence-corrected chi connectivity index (χ1v) is 17.8. The first-order valence-electron chi connectivity index (χ1n) is 16.2. The van der Waals surface area contributed by atoms with Crippen molar-refractivity contribution in [3.05, 3.63) is 83.4 Å². The summed E-state index contributed by atoms with van der Waals surface area (Å²) in [7, 11) is 0.0413. The molecule has 0 N–H and O–H groups in total. The highest BCUT2D eigenvalue weighted by Crippen LogP contribution is 2.50. The molecule has 0 fully saturated rings. The Morgan fingerprint density at radius 3 is 1.98 bits per heavy atom. The molecule has 0 amide bonds. The lowest BCUT2D eigenvalue weighted by atomic mass is 9.66. The summed E-state index contributed by atoms with van der Waals surface area (Å²) in [6.45, 7) is 5.27. The maximum absolute atomic E-state index is 12.6. The molecule has 0 bridgehead atoms. The fourth-order valence-corrected chi connectivity index (χ4v) is 7.57. The van der Waals surface area contributed by atoms with Crippen molar-refractivity contribution in [2.45, 2.75) is 87.9 Å². The Labute approximate surface area is 270 Å². The molecule has 0 radical (unpaired) electrons. The average molecular weight is 639 g/mol. The van der Waals surface area contributed by atoms with E-state index >= 15 is 0 Å². The molecule has 1 aliphatic rings. The smallest absolute Gasteiger partial charge is 0.188 e. The molecule has 246 valence electrons. The van der Waals surface area contributed by atoms with Crippen molar-refractivity contribution in [1.29, 1.82) is 0 Å². The lowest BCUT2D eigenvalue weighted by Crippen LogP contribution is -2.40. The zero-order valence-corrected chi connectivity index (χ0v) is 28.2. The third kappa shape index (κ3) is 9.71. The summed E-state index contributed by atoms with van der Waals surface area (Å²) in [5.74, 6) is 2.93. The van der Waals surface area contributed by atoms with Crippen LogP contribution < -0.4 is 14.2 Å². The average Bonchev–Trinajstić information content (AvgIpc) is 3.04. The molecule has 1 aliphatic heterocycles. The van der Waals surface area contributed by atoms with Crippen molar-refractivity contribution in [3.63, 3.8) is 0 Å². The van der Waals surface area contributed by atoms with E-state index in [0.717, 1.165) is 61.3 Å². The van der Waals surface area contributed by atoms with Crippen molar-refractivity contribution in [2.75, 3.05) is 40.2 Å². The van der Waals surface area contributed by atoms with Gasteiger partial charge in [0.2, 0.25) is 0 Å². The molecule has 3 aromatic rings. The third-order valence-corrected chi connectivity index (χ3v) is 10.7. The minimum absolute atomic E-state index is 0.194. The van der Waals surface area contributed by atoms with E-state index in [9.17, 15) is 8.42 Å². The number of ether oxygens (including phenoxy) is 5. The van der Waals surface area contributed by atoms with Crippen molar-refractivity contribution >= 4 is 9.84 Å². The van der Waals surface area contributed by atoms with Gasteiger partial charge in [-0.15, -0.1) is 0 Å². The molecule has 4 rings (SSSR count). The largest absolute Gasteiger partial charge is 0.492 e. The highest BCUT2D eigenvalue weighted by molar-refractivity contribution is 7.91. The number of methoxy groups -OCH3 is 2. The van der Waals surface area contributed by atoms with E-state index < -0.39 is 9.84 Å². The second kappa shape index (κ2) is 17.0. The topological polar surface area (TPSA) is 80.3 Å². The molecule has 8 heteroatoms. The third-order valence-electron chi connectivity index (χ3n) is 8.89. The number of hydrogen-bond acceptors (Lipinski definition) is 7. The van der Waals surface area contributed by atoms with Crippen LogP contribution in [0.25, 0.3) is 0 Å². The van der Waals surface area contributed by atoms with E-state index in [-0.39, 0.29) is 24.8 Å². The molecule has 2 atom stereocenters. The van der Waals surface area contributed by atoms with Crippen molar-refractivity contribution in [2.24, 2.45) is 0 Å². The number of fused-ring (bicyclic) bond motifs is 1. The van der Waals surface area contributed by atoms with Gasteiger partial charge in [0, 0.05) is 31.6 Å². The quantitative estimate of drug-likeness (QED) is 0.0964. The van der Waals surface area contributed by atoms with Gasteiger partial charge >= 0.3 is 0 Å². The Balaban J connectivity index is 1.28. The number of hydrogen-bond donors (Lipinski definition) is 0. The highest BCUT2D eigenvalue weighted by atomic mass is 32.2. The molecule has 1 heterocycles. The van der Waals surface area contributed by atoms with Crippen LogP contribution in [0, 0.1) is 6.92 Å². The Hall–Kier alpha value is -3.07. The summed E-state index contributed by atoms with van der Waals surface area (Å²) in [6, 6.07) is 21.6. The zero-order valence-electron chi connectivity index (χ0n) is 27.4. The molecular formula is C37H50O7S. The van der Waals surface area contributed by atoms with Crippen LogP contribution in [0.15, 0.2) is 71.6 Å². The van der Waals surface area contributed by atoms with Crippen molar-refractivity contribution in [1.82, 2.24) is 0 Å². The van der Waals surface area contributed by atoms with Crippen LogP contribution in [-0.4, -0.2) is 48.6 Å². The molecule has 0 spiro atoms. The molecule has 45 heavy (non-hydrogen) atoms. The van der Waals surface area contributed by atoms with E-state index in [1.807, 2.05) is 43.3 Å². The number of aryl methyl sites for hydroxylation is 1. The van der Waals surface area contributed by atoms with Crippen LogP contribution in [-0.2, 0) is 24.7 Å². The zero-order chi connectivity index (χ0) is 32.1. The maximum atomic E-state index is 12.6. The van der Waals surface area contributed by atoms with Crippen molar-refractivity contribution in [3.8, 4) is 17.2 Å². The number of rotatable bonds is 19. The predicted octanol–water partition coefficient (Wildman–Crippen LogP) is 8.38. The van der Waals surface area contributed by atoms with Crippen LogP contribution >= 0.6 is 0 Å². The van der Waals surface area contributed by atoms with Gasteiger partial charge in [0.25, 0.3) is 0 Å². The summed E-state index contributed by atoms with van der Waals surface area (Å²) in [4.78, 5) is 0.435. The van der Waals surface area contributed by atoms with Gasteiger partial charge in [-0.3, -0.25) is 0 Å². The summed E-state index contributed by atoms with van der Waals surface area (Å²) >= 11 is 0. The monoisotopic (exact) mass is 638 g/mol. The minimum Gasteiger partial charge on any atom is -0.492 e. The first kappa shape index (κ1) is 34.8. The second-order valence-corrected chi connectivity index (χ2v) is 14.4. The molecule has 3 aromatic carbocycles.